The van der Waals surface area contributed by atoms with Crippen LogP contribution in [0.2, 0.25) is 0 Å². The molecule has 0 aliphatic heterocycles. The van der Waals surface area contributed by atoms with Gasteiger partial charge in [0.05, 0.1) is 12.7 Å². The van der Waals surface area contributed by atoms with Crippen LogP contribution in [-0.2, 0) is 13.5 Å². The first-order valence-corrected chi connectivity index (χ1v) is 5.40. The minimum absolute atomic E-state index is 0.324. The van der Waals surface area contributed by atoms with Crippen LogP contribution in [0.3, 0.4) is 0 Å². The van der Waals surface area contributed by atoms with Gasteiger partial charge in [0, 0.05) is 12.6 Å². The van der Waals surface area contributed by atoms with Crippen molar-refractivity contribution >= 4 is 0 Å². The van der Waals surface area contributed by atoms with Crippen molar-refractivity contribution in [3.8, 4) is 0 Å². The average molecular weight is 233 g/mol. The standard InChI is InChI=1S/C11H15N5O/c1-7-4-8(2)11(12-6-7)9(17)5-10-13-15-16(3)14-10/h4,6,9,17H,5H2,1-3H3. The number of aliphatic hydroxyl groups excluding tert-OH is 1. The van der Waals surface area contributed by atoms with Gasteiger partial charge in [-0.2, -0.15) is 4.80 Å². The van der Waals surface area contributed by atoms with Gasteiger partial charge in [0.15, 0.2) is 5.82 Å². The van der Waals surface area contributed by atoms with Crippen LogP contribution in [0, 0.1) is 13.8 Å². The Hall–Kier alpha value is -1.82. The Balaban J connectivity index is 2.17. The molecular formula is C11H15N5O. The summed E-state index contributed by atoms with van der Waals surface area (Å²) >= 11 is 0. The fourth-order valence-electron chi connectivity index (χ4n) is 1.75. The van der Waals surface area contributed by atoms with Crippen LogP contribution in [0.5, 0.6) is 0 Å². The average Bonchev–Trinajstić information content (AvgIpc) is 2.63. The number of aromatic nitrogens is 5. The van der Waals surface area contributed by atoms with E-state index in [2.05, 4.69) is 20.4 Å². The van der Waals surface area contributed by atoms with E-state index in [1.165, 1.54) is 4.80 Å². The lowest BCUT2D eigenvalue weighted by molar-refractivity contribution is 0.170. The van der Waals surface area contributed by atoms with Gasteiger partial charge in [0.25, 0.3) is 0 Å². The number of tetrazole rings is 1. The molecule has 0 amide bonds. The first-order chi connectivity index (χ1) is 8.06. The zero-order valence-corrected chi connectivity index (χ0v) is 10.1. The number of hydrogen-bond acceptors (Lipinski definition) is 5. The maximum atomic E-state index is 10.1. The summed E-state index contributed by atoms with van der Waals surface area (Å²) in [6.07, 6.45) is 1.38. The van der Waals surface area contributed by atoms with Crippen LogP contribution in [0.1, 0.15) is 28.7 Å². The monoisotopic (exact) mass is 233 g/mol. The summed E-state index contributed by atoms with van der Waals surface area (Å²) in [5, 5.41) is 21.7. The number of rotatable bonds is 3. The Morgan fingerprint density at radius 2 is 2.18 bits per heavy atom. The molecule has 0 bridgehead atoms. The van der Waals surface area contributed by atoms with Crippen molar-refractivity contribution in [2.75, 3.05) is 0 Å². The van der Waals surface area contributed by atoms with Crippen LogP contribution < -0.4 is 0 Å². The van der Waals surface area contributed by atoms with E-state index in [0.717, 1.165) is 11.1 Å². The molecule has 1 N–H and O–H groups in total. The molecule has 1 unspecified atom stereocenters. The smallest absolute Gasteiger partial charge is 0.177 e. The van der Waals surface area contributed by atoms with Gasteiger partial charge in [0.1, 0.15) is 6.10 Å². The second kappa shape index (κ2) is 4.58. The van der Waals surface area contributed by atoms with Crippen LogP contribution in [0.25, 0.3) is 0 Å². The lowest BCUT2D eigenvalue weighted by Crippen LogP contribution is -2.08. The first kappa shape index (κ1) is 11.7. The van der Waals surface area contributed by atoms with Crippen LogP contribution in [0.4, 0.5) is 0 Å². The highest BCUT2D eigenvalue weighted by atomic mass is 16.3. The molecule has 2 aromatic rings. The number of aryl methyl sites for hydroxylation is 3. The zero-order chi connectivity index (χ0) is 12.4. The highest BCUT2D eigenvalue weighted by Gasteiger charge is 2.15. The maximum Gasteiger partial charge on any atom is 0.177 e. The fourth-order valence-corrected chi connectivity index (χ4v) is 1.75. The third-order valence-electron chi connectivity index (χ3n) is 2.50. The Labute approximate surface area is 99.3 Å². The molecule has 17 heavy (non-hydrogen) atoms. The van der Waals surface area contributed by atoms with Crippen molar-refractivity contribution in [2.24, 2.45) is 7.05 Å². The number of aliphatic hydroxyl groups is 1. The molecule has 0 aliphatic rings. The van der Waals surface area contributed by atoms with Crippen molar-refractivity contribution in [1.82, 2.24) is 25.2 Å². The van der Waals surface area contributed by atoms with Gasteiger partial charge in [-0.25, -0.2) is 0 Å². The van der Waals surface area contributed by atoms with Gasteiger partial charge in [-0.1, -0.05) is 6.07 Å². The number of nitrogens with zero attached hydrogens (tertiary/aromatic N) is 5. The molecule has 0 saturated carbocycles. The number of hydrogen-bond donors (Lipinski definition) is 1. The van der Waals surface area contributed by atoms with E-state index in [1.807, 2.05) is 19.9 Å². The summed E-state index contributed by atoms with van der Waals surface area (Å²) in [6, 6.07) is 2.00. The summed E-state index contributed by atoms with van der Waals surface area (Å²) in [5.41, 5.74) is 2.72. The minimum Gasteiger partial charge on any atom is -0.386 e. The van der Waals surface area contributed by atoms with E-state index in [9.17, 15) is 5.11 Å². The van der Waals surface area contributed by atoms with E-state index in [0.29, 0.717) is 17.9 Å². The molecule has 1 atom stereocenters. The van der Waals surface area contributed by atoms with Crippen molar-refractivity contribution in [3.05, 3.63) is 34.9 Å². The fraction of sp³-hybridized carbons (Fsp3) is 0.455. The predicted octanol–water partition coefficient (Wildman–Crippen LogP) is 0.498. The highest BCUT2D eigenvalue weighted by Crippen LogP contribution is 2.18. The quantitative estimate of drug-likeness (QED) is 0.835. The van der Waals surface area contributed by atoms with Gasteiger partial charge < -0.3 is 5.11 Å². The third-order valence-corrected chi connectivity index (χ3v) is 2.50. The van der Waals surface area contributed by atoms with Crippen molar-refractivity contribution in [2.45, 2.75) is 26.4 Å². The molecule has 2 aromatic heterocycles. The third kappa shape index (κ3) is 2.65. The van der Waals surface area contributed by atoms with Crippen LogP contribution in [-0.4, -0.2) is 30.3 Å². The molecule has 0 aliphatic carbocycles. The van der Waals surface area contributed by atoms with Gasteiger partial charge in [-0.15, -0.1) is 10.2 Å². The summed E-state index contributed by atoms with van der Waals surface area (Å²) in [7, 11) is 1.69. The Bertz CT molecular complexity index is 522. The van der Waals surface area contributed by atoms with E-state index in [1.54, 1.807) is 13.2 Å². The molecule has 90 valence electrons. The molecule has 2 rings (SSSR count). The lowest BCUT2D eigenvalue weighted by atomic mass is 10.1. The van der Waals surface area contributed by atoms with E-state index >= 15 is 0 Å². The molecule has 0 spiro atoms. The first-order valence-electron chi connectivity index (χ1n) is 5.40. The van der Waals surface area contributed by atoms with E-state index < -0.39 is 6.10 Å². The largest absolute Gasteiger partial charge is 0.386 e. The minimum atomic E-state index is -0.695. The molecule has 0 aromatic carbocycles. The molecule has 6 nitrogen and oxygen atoms in total. The lowest BCUT2D eigenvalue weighted by Gasteiger charge is -2.11. The van der Waals surface area contributed by atoms with Gasteiger partial charge in [-0.05, 0) is 30.2 Å². The molecular weight excluding hydrogens is 218 g/mol. The van der Waals surface area contributed by atoms with Crippen molar-refractivity contribution < 1.29 is 5.11 Å². The molecule has 0 radical (unpaired) electrons. The molecule has 2 heterocycles. The SMILES string of the molecule is Cc1cnc(C(O)Cc2nnn(C)n2)c(C)c1. The maximum absolute atomic E-state index is 10.1. The molecule has 6 heteroatoms. The van der Waals surface area contributed by atoms with Crippen molar-refractivity contribution in [3.63, 3.8) is 0 Å². The Morgan fingerprint density at radius 1 is 1.41 bits per heavy atom. The Morgan fingerprint density at radius 3 is 2.76 bits per heavy atom. The second-order valence-electron chi connectivity index (χ2n) is 4.13. The van der Waals surface area contributed by atoms with Crippen LogP contribution in [0.15, 0.2) is 12.3 Å². The van der Waals surface area contributed by atoms with Gasteiger partial charge in [0.2, 0.25) is 0 Å². The Kier molecular flexibility index (Phi) is 3.14. The normalized spacial score (nSPS) is 12.7. The van der Waals surface area contributed by atoms with Gasteiger partial charge in [-0.3, -0.25) is 4.98 Å². The van der Waals surface area contributed by atoms with E-state index in [-0.39, 0.29) is 0 Å². The summed E-state index contributed by atoms with van der Waals surface area (Å²) in [5.74, 6) is 0.516. The van der Waals surface area contributed by atoms with Gasteiger partial charge >= 0.3 is 0 Å². The summed E-state index contributed by atoms with van der Waals surface area (Å²) in [4.78, 5) is 5.62. The topological polar surface area (TPSA) is 76.7 Å². The summed E-state index contributed by atoms with van der Waals surface area (Å²) < 4.78 is 0. The van der Waals surface area contributed by atoms with Crippen LogP contribution >= 0.6 is 0 Å². The van der Waals surface area contributed by atoms with E-state index in [4.69, 9.17) is 0 Å². The predicted molar refractivity (Wildman–Crippen MR) is 61.2 cm³/mol. The van der Waals surface area contributed by atoms with Crippen molar-refractivity contribution in [1.29, 1.82) is 0 Å². The molecule has 0 fully saturated rings. The number of pyridine rings is 1. The second-order valence-corrected chi connectivity index (χ2v) is 4.13. The zero-order valence-electron chi connectivity index (χ0n) is 10.1. The highest BCUT2D eigenvalue weighted by molar-refractivity contribution is 5.25. The molecule has 0 saturated heterocycles. The summed E-state index contributed by atoms with van der Waals surface area (Å²) in [6.45, 7) is 3.91.